The summed E-state index contributed by atoms with van der Waals surface area (Å²) in [5.74, 6) is 2.27. The lowest BCUT2D eigenvalue weighted by molar-refractivity contribution is 0.461. The van der Waals surface area contributed by atoms with E-state index in [4.69, 9.17) is 4.42 Å². The Hall–Kier alpha value is -1.57. The number of benzene rings is 1. The first-order valence-electron chi connectivity index (χ1n) is 8.26. The van der Waals surface area contributed by atoms with Gasteiger partial charge in [-0.1, -0.05) is 43.7 Å². The molecule has 0 atom stereocenters. The summed E-state index contributed by atoms with van der Waals surface area (Å²) >= 11 is 0. The van der Waals surface area contributed by atoms with Crippen molar-refractivity contribution in [3.8, 4) is 0 Å². The summed E-state index contributed by atoms with van der Waals surface area (Å²) in [5, 5.41) is 6.63. The number of aromatic nitrogens is 1. The van der Waals surface area contributed by atoms with E-state index in [0.717, 1.165) is 24.0 Å². The van der Waals surface area contributed by atoms with Gasteiger partial charge in [-0.15, -0.1) is 24.0 Å². The van der Waals surface area contributed by atoms with Crippen molar-refractivity contribution in [3.63, 3.8) is 0 Å². The summed E-state index contributed by atoms with van der Waals surface area (Å²) in [7, 11) is 1.76. The van der Waals surface area contributed by atoms with Gasteiger partial charge in [0, 0.05) is 19.0 Å². The van der Waals surface area contributed by atoms with Crippen molar-refractivity contribution in [1.29, 1.82) is 0 Å². The largest absolute Gasteiger partial charge is 0.444 e. The van der Waals surface area contributed by atoms with Gasteiger partial charge in [0.2, 0.25) is 5.89 Å². The average molecular weight is 456 g/mol. The number of hydrogen-bond acceptors (Lipinski definition) is 3. The Bertz CT molecular complexity index is 685. The van der Waals surface area contributed by atoms with Crippen LogP contribution < -0.4 is 10.6 Å². The number of rotatable bonds is 5. The number of halogens is 1. The standard InChI is InChI=1S/C19H28N4O.HI/c1-13-7-9-16(10-8-13)19(4,5)12-22-18(20-6)21-11-17-23-14(2)15(3)24-17;/h7-10H,11-12H2,1-6H3,(H2,20,21,22);1H. The van der Waals surface area contributed by atoms with Crippen LogP contribution in [0.15, 0.2) is 33.7 Å². The molecule has 0 radical (unpaired) electrons. The lowest BCUT2D eigenvalue weighted by atomic mass is 9.84. The van der Waals surface area contributed by atoms with Crippen LogP contribution in [0.2, 0.25) is 0 Å². The maximum atomic E-state index is 5.58. The zero-order chi connectivity index (χ0) is 17.7. The molecule has 0 aliphatic carbocycles. The van der Waals surface area contributed by atoms with E-state index in [1.54, 1.807) is 7.05 Å². The fraction of sp³-hybridized carbons (Fsp3) is 0.474. The van der Waals surface area contributed by atoms with Gasteiger partial charge >= 0.3 is 0 Å². The van der Waals surface area contributed by atoms with E-state index in [9.17, 15) is 0 Å². The molecule has 1 aromatic heterocycles. The predicted octanol–water partition coefficient (Wildman–Crippen LogP) is 3.86. The number of aryl methyl sites for hydroxylation is 3. The highest BCUT2D eigenvalue weighted by Gasteiger charge is 2.20. The molecule has 1 aromatic carbocycles. The number of nitrogens with one attached hydrogen (secondary N) is 2. The molecule has 0 bridgehead atoms. The molecule has 0 saturated heterocycles. The third-order valence-corrected chi connectivity index (χ3v) is 4.23. The normalized spacial score (nSPS) is 11.8. The smallest absolute Gasteiger partial charge is 0.214 e. The molecular formula is C19H29IN4O. The second-order valence-electron chi connectivity index (χ2n) is 6.78. The van der Waals surface area contributed by atoms with Crippen LogP contribution in [0.3, 0.4) is 0 Å². The number of oxazole rings is 1. The second kappa shape index (κ2) is 9.22. The third kappa shape index (κ3) is 6.02. The molecule has 0 aliphatic rings. The summed E-state index contributed by atoms with van der Waals surface area (Å²) < 4.78 is 5.58. The monoisotopic (exact) mass is 456 g/mol. The van der Waals surface area contributed by atoms with Crippen molar-refractivity contribution in [2.75, 3.05) is 13.6 Å². The molecule has 0 aliphatic heterocycles. The number of guanidine groups is 1. The molecule has 6 heteroatoms. The zero-order valence-corrected chi connectivity index (χ0v) is 18.3. The molecule has 2 N–H and O–H groups in total. The molecule has 138 valence electrons. The molecular weight excluding hydrogens is 427 g/mol. The van der Waals surface area contributed by atoms with Gasteiger partial charge in [-0.25, -0.2) is 4.98 Å². The van der Waals surface area contributed by atoms with Gasteiger partial charge in [0.1, 0.15) is 5.76 Å². The van der Waals surface area contributed by atoms with Gasteiger partial charge in [0.05, 0.1) is 12.2 Å². The molecule has 0 amide bonds. The molecule has 5 nitrogen and oxygen atoms in total. The van der Waals surface area contributed by atoms with Gasteiger partial charge in [0.25, 0.3) is 0 Å². The Morgan fingerprint density at radius 2 is 1.76 bits per heavy atom. The van der Waals surface area contributed by atoms with E-state index in [0.29, 0.717) is 12.4 Å². The van der Waals surface area contributed by atoms with Gasteiger partial charge in [-0.3, -0.25) is 4.99 Å². The van der Waals surface area contributed by atoms with E-state index in [1.807, 2.05) is 13.8 Å². The Morgan fingerprint density at radius 3 is 2.28 bits per heavy atom. The Labute approximate surface area is 167 Å². The lowest BCUT2D eigenvalue weighted by Crippen LogP contribution is -2.43. The van der Waals surface area contributed by atoms with Crippen LogP contribution in [-0.4, -0.2) is 24.5 Å². The molecule has 2 rings (SSSR count). The fourth-order valence-electron chi connectivity index (χ4n) is 2.41. The molecule has 0 saturated carbocycles. The topological polar surface area (TPSA) is 62.5 Å². The molecule has 25 heavy (non-hydrogen) atoms. The first-order valence-corrected chi connectivity index (χ1v) is 8.26. The minimum atomic E-state index is 0. The van der Waals surface area contributed by atoms with Crippen LogP contribution in [0, 0.1) is 20.8 Å². The Morgan fingerprint density at radius 1 is 1.12 bits per heavy atom. The van der Waals surface area contributed by atoms with Crippen molar-refractivity contribution >= 4 is 29.9 Å². The van der Waals surface area contributed by atoms with Gasteiger partial charge < -0.3 is 15.1 Å². The third-order valence-electron chi connectivity index (χ3n) is 4.23. The van der Waals surface area contributed by atoms with Gasteiger partial charge in [-0.05, 0) is 26.3 Å². The minimum absolute atomic E-state index is 0. The van der Waals surface area contributed by atoms with Crippen LogP contribution in [0.25, 0.3) is 0 Å². The van der Waals surface area contributed by atoms with Gasteiger partial charge in [-0.2, -0.15) is 0 Å². The summed E-state index contributed by atoms with van der Waals surface area (Å²) in [4.78, 5) is 8.64. The fourth-order valence-corrected chi connectivity index (χ4v) is 2.41. The highest BCUT2D eigenvalue weighted by molar-refractivity contribution is 14.0. The Kier molecular flexibility index (Phi) is 7.92. The molecule has 1 heterocycles. The number of hydrogen-bond donors (Lipinski definition) is 2. The second-order valence-corrected chi connectivity index (χ2v) is 6.78. The van der Waals surface area contributed by atoms with Crippen LogP contribution in [0.4, 0.5) is 0 Å². The summed E-state index contributed by atoms with van der Waals surface area (Å²) in [6.45, 7) is 11.7. The quantitative estimate of drug-likeness (QED) is 0.408. The molecule has 0 unspecified atom stereocenters. The first-order chi connectivity index (χ1) is 11.3. The minimum Gasteiger partial charge on any atom is -0.444 e. The van der Waals surface area contributed by atoms with E-state index in [2.05, 4.69) is 65.6 Å². The van der Waals surface area contributed by atoms with Crippen molar-refractivity contribution in [2.45, 2.75) is 46.6 Å². The van der Waals surface area contributed by atoms with E-state index >= 15 is 0 Å². The summed E-state index contributed by atoms with van der Waals surface area (Å²) in [6.07, 6.45) is 0. The van der Waals surface area contributed by atoms with Crippen LogP contribution in [-0.2, 0) is 12.0 Å². The van der Waals surface area contributed by atoms with Crippen LogP contribution >= 0.6 is 24.0 Å². The van der Waals surface area contributed by atoms with Crippen LogP contribution in [0.1, 0.15) is 42.3 Å². The molecule has 2 aromatic rings. The van der Waals surface area contributed by atoms with Crippen molar-refractivity contribution < 1.29 is 4.42 Å². The number of nitrogens with zero attached hydrogens (tertiary/aromatic N) is 2. The average Bonchev–Trinajstić information content (AvgIpc) is 2.86. The highest BCUT2D eigenvalue weighted by Crippen LogP contribution is 2.22. The van der Waals surface area contributed by atoms with Gasteiger partial charge in [0.15, 0.2) is 5.96 Å². The Balaban J connectivity index is 0.00000312. The molecule has 0 fully saturated rings. The lowest BCUT2D eigenvalue weighted by Gasteiger charge is -2.26. The van der Waals surface area contributed by atoms with Crippen molar-refractivity contribution in [2.24, 2.45) is 4.99 Å². The maximum absolute atomic E-state index is 5.58. The number of aliphatic imine (C=N–C) groups is 1. The predicted molar refractivity (Wildman–Crippen MR) is 114 cm³/mol. The highest BCUT2D eigenvalue weighted by atomic mass is 127. The SMILES string of the molecule is CN=C(NCc1nc(C)c(C)o1)NCC(C)(C)c1ccc(C)cc1.I. The van der Waals surface area contributed by atoms with Crippen molar-refractivity contribution in [3.05, 3.63) is 52.7 Å². The van der Waals surface area contributed by atoms with Crippen molar-refractivity contribution in [1.82, 2.24) is 15.6 Å². The maximum Gasteiger partial charge on any atom is 0.214 e. The van der Waals surface area contributed by atoms with E-state index in [-0.39, 0.29) is 29.4 Å². The molecule has 0 spiro atoms. The van der Waals surface area contributed by atoms with Crippen LogP contribution in [0.5, 0.6) is 0 Å². The summed E-state index contributed by atoms with van der Waals surface area (Å²) in [5.41, 5.74) is 3.50. The van der Waals surface area contributed by atoms with E-state index in [1.165, 1.54) is 11.1 Å². The summed E-state index contributed by atoms with van der Waals surface area (Å²) in [6, 6.07) is 8.67. The van der Waals surface area contributed by atoms with E-state index < -0.39 is 0 Å². The zero-order valence-electron chi connectivity index (χ0n) is 15.9. The first kappa shape index (κ1) is 21.5.